The van der Waals surface area contributed by atoms with Crippen molar-refractivity contribution in [3.63, 3.8) is 0 Å². The maximum atomic E-state index is 13.4. The molecule has 1 fully saturated rings. The van der Waals surface area contributed by atoms with Crippen molar-refractivity contribution in [1.82, 2.24) is 4.90 Å². The zero-order valence-electron chi connectivity index (χ0n) is 22.5. The van der Waals surface area contributed by atoms with Gasteiger partial charge >= 0.3 is 12.0 Å². The van der Waals surface area contributed by atoms with Crippen molar-refractivity contribution >= 4 is 23.8 Å². The number of carbonyl (C=O) groups is 2. The van der Waals surface area contributed by atoms with Crippen LogP contribution in [0.2, 0.25) is 0 Å². The van der Waals surface area contributed by atoms with Gasteiger partial charge in [0.15, 0.2) is 0 Å². The summed E-state index contributed by atoms with van der Waals surface area (Å²) in [5, 5.41) is 22.5. The second kappa shape index (κ2) is 12.7. The number of nitrogens with zero attached hydrogens (tertiary/aromatic N) is 1. The summed E-state index contributed by atoms with van der Waals surface area (Å²) < 4.78 is 25.3. The first-order valence-corrected chi connectivity index (χ1v) is 13.1. The van der Waals surface area contributed by atoms with E-state index in [2.05, 4.69) is 19.2 Å². The molecule has 1 aliphatic rings. The van der Waals surface area contributed by atoms with E-state index in [-0.39, 0.29) is 11.8 Å². The number of piperidine rings is 1. The molecule has 4 rings (SSSR count). The van der Waals surface area contributed by atoms with Crippen LogP contribution in [-0.4, -0.2) is 45.8 Å². The van der Waals surface area contributed by atoms with E-state index in [1.807, 2.05) is 0 Å². The van der Waals surface area contributed by atoms with Gasteiger partial charge in [0, 0.05) is 43.1 Å². The molecule has 0 bridgehead atoms. The standard InChI is InChI=1S/C31H33FN2O6/c1-21(2)20-31(38)13-15-34(16-14-31)30(37)33-24-17-27(19-28(18-24)40-26-10-6-23(32)7-11-26)39-25-8-3-22(4-9-25)5-12-29(35)36/h3-12,17-19,21,38H,13-16,20H2,1-2H3,(H,33,37)(H,35,36)/b12-5+. The molecule has 0 saturated carbocycles. The zero-order chi connectivity index (χ0) is 28.7. The molecule has 0 atom stereocenters. The summed E-state index contributed by atoms with van der Waals surface area (Å²) >= 11 is 0. The summed E-state index contributed by atoms with van der Waals surface area (Å²) in [5.74, 6) is 0.587. The Kier molecular flexibility index (Phi) is 9.06. The summed E-state index contributed by atoms with van der Waals surface area (Å²) in [6, 6.07) is 17.0. The van der Waals surface area contributed by atoms with Crippen molar-refractivity contribution in [1.29, 1.82) is 0 Å². The monoisotopic (exact) mass is 548 g/mol. The predicted octanol–water partition coefficient (Wildman–Crippen LogP) is 6.91. The number of carboxylic acids is 1. The van der Waals surface area contributed by atoms with Crippen molar-refractivity contribution in [3.05, 3.63) is 84.2 Å². The highest BCUT2D eigenvalue weighted by molar-refractivity contribution is 5.90. The Morgan fingerprint density at radius 1 is 0.950 bits per heavy atom. The van der Waals surface area contributed by atoms with Crippen LogP contribution in [0.15, 0.2) is 72.8 Å². The highest BCUT2D eigenvalue weighted by Gasteiger charge is 2.34. The van der Waals surface area contributed by atoms with Gasteiger partial charge in [-0.05, 0) is 73.2 Å². The minimum absolute atomic E-state index is 0.300. The second-order valence-electron chi connectivity index (χ2n) is 10.3. The molecule has 3 aromatic carbocycles. The molecule has 0 unspecified atom stereocenters. The number of ether oxygens (including phenoxy) is 2. The molecular formula is C31H33FN2O6. The summed E-state index contributed by atoms with van der Waals surface area (Å²) in [6.45, 7) is 5.02. The van der Waals surface area contributed by atoms with Gasteiger partial charge in [-0.1, -0.05) is 26.0 Å². The lowest BCUT2D eigenvalue weighted by molar-refractivity contribution is -0.131. The number of hydrogen-bond donors (Lipinski definition) is 3. The third kappa shape index (κ3) is 8.31. The number of rotatable bonds is 9. The molecule has 0 aromatic heterocycles. The van der Waals surface area contributed by atoms with Crippen LogP contribution >= 0.6 is 0 Å². The molecule has 1 aliphatic heterocycles. The van der Waals surface area contributed by atoms with Crippen molar-refractivity contribution in [2.24, 2.45) is 5.92 Å². The van der Waals surface area contributed by atoms with Crippen LogP contribution in [0.4, 0.5) is 14.9 Å². The second-order valence-corrected chi connectivity index (χ2v) is 10.3. The number of likely N-dealkylation sites (tertiary alicyclic amines) is 1. The SMILES string of the molecule is CC(C)CC1(O)CCN(C(=O)Nc2cc(Oc3ccc(F)cc3)cc(Oc3ccc(/C=C/C(=O)O)cc3)c2)CC1. The van der Waals surface area contributed by atoms with E-state index < -0.39 is 11.6 Å². The van der Waals surface area contributed by atoms with E-state index in [4.69, 9.17) is 14.6 Å². The fourth-order valence-electron chi connectivity index (χ4n) is 4.64. The van der Waals surface area contributed by atoms with E-state index in [0.717, 1.165) is 6.08 Å². The minimum atomic E-state index is -1.04. The molecule has 0 aliphatic carbocycles. The number of aliphatic hydroxyl groups is 1. The molecule has 210 valence electrons. The number of carbonyl (C=O) groups excluding carboxylic acids is 1. The van der Waals surface area contributed by atoms with E-state index in [0.29, 0.717) is 72.5 Å². The summed E-state index contributed by atoms with van der Waals surface area (Å²) in [6.07, 6.45) is 4.24. The third-order valence-electron chi connectivity index (χ3n) is 6.48. The molecule has 3 aromatic rings. The smallest absolute Gasteiger partial charge is 0.328 e. The first-order chi connectivity index (χ1) is 19.1. The molecule has 1 heterocycles. The van der Waals surface area contributed by atoms with Crippen molar-refractivity contribution in [2.45, 2.75) is 38.7 Å². The average molecular weight is 549 g/mol. The van der Waals surface area contributed by atoms with Gasteiger partial charge in [0.2, 0.25) is 0 Å². The number of amides is 2. The molecule has 0 radical (unpaired) electrons. The molecule has 0 spiro atoms. The fraction of sp³-hybridized carbons (Fsp3) is 0.290. The number of halogens is 1. The lowest BCUT2D eigenvalue weighted by Crippen LogP contribution is -2.48. The average Bonchev–Trinajstić information content (AvgIpc) is 2.89. The normalized spacial score (nSPS) is 14.8. The fourth-order valence-corrected chi connectivity index (χ4v) is 4.64. The Bertz CT molecular complexity index is 1350. The van der Waals surface area contributed by atoms with E-state index in [9.17, 15) is 19.1 Å². The maximum Gasteiger partial charge on any atom is 0.328 e. The topological polar surface area (TPSA) is 108 Å². The number of carboxylic acid groups (broad SMARTS) is 1. The predicted molar refractivity (Wildman–Crippen MR) is 150 cm³/mol. The van der Waals surface area contributed by atoms with Crippen LogP contribution in [0.5, 0.6) is 23.0 Å². The number of urea groups is 1. The molecule has 1 saturated heterocycles. The maximum absolute atomic E-state index is 13.4. The van der Waals surface area contributed by atoms with Crippen LogP contribution in [0.1, 0.15) is 38.7 Å². The lowest BCUT2D eigenvalue weighted by Gasteiger charge is -2.39. The van der Waals surface area contributed by atoms with Gasteiger partial charge in [-0.25, -0.2) is 14.0 Å². The van der Waals surface area contributed by atoms with Crippen LogP contribution < -0.4 is 14.8 Å². The number of benzene rings is 3. The third-order valence-corrected chi connectivity index (χ3v) is 6.48. The highest BCUT2D eigenvalue weighted by Crippen LogP contribution is 2.34. The van der Waals surface area contributed by atoms with Crippen molar-refractivity contribution in [3.8, 4) is 23.0 Å². The molecule has 8 nitrogen and oxygen atoms in total. The summed E-state index contributed by atoms with van der Waals surface area (Å²) in [5.41, 5.74) is 0.370. The minimum Gasteiger partial charge on any atom is -0.478 e. The quantitative estimate of drug-likeness (QED) is 0.251. The van der Waals surface area contributed by atoms with Crippen LogP contribution in [0, 0.1) is 11.7 Å². The van der Waals surface area contributed by atoms with Crippen LogP contribution in [0.3, 0.4) is 0 Å². The lowest BCUT2D eigenvalue weighted by atomic mass is 9.84. The van der Waals surface area contributed by atoms with Gasteiger partial charge in [0.25, 0.3) is 0 Å². The van der Waals surface area contributed by atoms with Crippen molar-refractivity contribution in [2.75, 3.05) is 18.4 Å². The highest BCUT2D eigenvalue weighted by atomic mass is 19.1. The molecule has 40 heavy (non-hydrogen) atoms. The first-order valence-electron chi connectivity index (χ1n) is 13.1. The van der Waals surface area contributed by atoms with Gasteiger partial charge < -0.3 is 29.9 Å². The van der Waals surface area contributed by atoms with Crippen LogP contribution in [-0.2, 0) is 4.79 Å². The zero-order valence-corrected chi connectivity index (χ0v) is 22.5. The molecule has 3 N–H and O–H groups in total. The Morgan fingerprint density at radius 2 is 1.50 bits per heavy atom. The number of anilines is 1. The Hall–Kier alpha value is -4.37. The molecular weight excluding hydrogens is 515 g/mol. The Labute approximate surface area is 232 Å². The largest absolute Gasteiger partial charge is 0.478 e. The van der Waals surface area contributed by atoms with Crippen molar-refractivity contribution < 1.29 is 33.7 Å². The van der Waals surface area contributed by atoms with Gasteiger partial charge in [-0.3, -0.25) is 0 Å². The Morgan fingerprint density at radius 3 is 2.02 bits per heavy atom. The first kappa shape index (κ1) is 28.6. The molecule has 9 heteroatoms. The van der Waals surface area contributed by atoms with Gasteiger partial charge in [0.1, 0.15) is 28.8 Å². The number of hydrogen-bond acceptors (Lipinski definition) is 5. The number of aliphatic carboxylic acids is 1. The van der Waals surface area contributed by atoms with Gasteiger partial charge in [-0.2, -0.15) is 0 Å². The van der Waals surface area contributed by atoms with Gasteiger partial charge in [0.05, 0.1) is 5.60 Å². The van der Waals surface area contributed by atoms with Gasteiger partial charge in [-0.15, -0.1) is 0 Å². The van der Waals surface area contributed by atoms with Crippen LogP contribution in [0.25, 0.3) is 6.08 Å². The van der Waals surface area contributed by atoms with E-state index in [1.54, 1.807) is 47.4 Å². The summed E-state index contributed by atoms with van der Waals surface area (Å²) in [7, 11) is 0. The number of nitrogens with one attached hydrogen (secondary N) is 1. The van der Waals surface area contributed by atoms with E-state index in [1.165, 1.54) is 30.3 Å². The summed E-state index contributed by atoms with van der Waals surface area (Å²) in [4.78, 5) is 25.5. The van der Waals surface area contributed by atoms with E-state index >= 15 is 0 Å². The molecule has 2 amide bonds. The Balaban J connectivity index is 1.51.